The predicted molar refractivity (Wildman–Crippen MR) is 138 cm³/mol. The van der Waals surface area contributed by atoms with E-state index in [4.69, 9.17) is 9.05 Å². The van der Waals surface area contributed by atoms with Gasteiger partial charge < -0.3 is 9.09 Å². The van der Waals surface area contributed by atoms with E-state index in [1.165, 1.54) is 12.1 Å². The van der Waals surface area contributed by atoms with Gasteiger partial charge in [-0.3, -0.25) is 19.0 Å². The van der Waals surface area contributed by atoms with Crippen molar-refractivity contribution in [3.8, 4) is 5.75 Å². The van der Waals surface area contributed by atoms with Crippen molar-refractivity contribution in [1.29, 1.82) is 0 Å². The molecule has 3 aromatic carbocycles. The van der Waals surface area contributed by atoms with Gasteiger partial charge in [-0.25, -0.2) is 4.57 Å². The van der Waals surface area contributed by atoms with Crippen LogP contribution in [0.1, 0.15) is 67.1 Å². The summed E-state index contributed by atoms with van der Waals surface area (Å²) in [6, 6.07) is 21.4. The van der Waals surface area contributed by atoms with Crippen molar-refractivity contribution in [2.75, 3.05) is 0 Å². The molecule has 2 aliphatic rings. The van der Waals surface area contributed by atoms with Crippen LogP contribution < -0.4 is 4.52 Å². The van der Waals surface area contributed by atoms with Crippen molar-refractivity contribution < 1.29 is 28.1 Å². The second-order valence-corrected chi connectivity index (χ2v) is 10.4. The Balaban J connectivity index is 0.00000280. The Bertz CT molecular complexity index is 1600. The van der Waals surface area contributed by atoms with Gasteiger partial charge in [-0.2, -0.15) is 0 Å². The first-order valence-corrected chi connectivity index (χ1v) is 13.1. The minimum Gasteiger partial charge on any atom is -0.403 e. The van der Waals surface area contributed by atoms with Crippen molar-refractivity contribution in [3.05, 3.63) is 124 Å². The Kier molecular flexibility index (Phi) is 6.88. The third-order valence-corrected chi connectivity index (χ3v) is 7.70. The van der Waals surface area contributed by atoms with Gasteiger partial charge >= 0.3 is 7.82 Å². The molecule has 1 aliphatic carbocycles. The number of nitrogens with zero attached hydrogens (tertiary/aromatic N) is 1. The van der Waals surface area contributed by atoms with E-state index in [9.17, 15) is 19.0 Å². The number of carbonyl (C=O) groups is 2. The Morgan fingerprint density at radius 3 is 2.41 bits per heavy atom. The number of hydrogen-bond acceptors (Lipinski definition) is 5. The SMILES string of the molecule is CC1c2ccccc2Cn2cc3c(c21)C(=O)c1cccc(OP(=O)(O)OCc2ccccc2)c1C3=O.[Na]. The van der Waals surface area contributed by atoms with Gasteiger partial charge in [0.25, 0.3) is 0 Å². The summed E-state index contributed by atoms with van der Waals surface area (Å²) >= 11 is 0. The van der Waals surface area contributed by atoms with Crippen LogP contribution in [0, 0.1) is 0 Å². The van der Waals surface area contributed by atoms with Crippen molar-refractivity contribution in [2.45, 2.75) is 26.0 Å². The predicted octanol–water partition coefficient (Wildman–Crippen LogP) is 5.09. The molecular formula is C28H22NNaO6P. The van der Waals surface area contributed by atoms with Gasteiger partial charge in [0.2, 0.25) is 0 Å². The van der Waals surface area contributed by atoms with E-state index in [1.54, 1.807) is 36.5 Å². The summed E-state index contributed by atoms with van der Waals surface area (Å²) in [5.74, 6) is -0.948. The molecular weight excluding hydrogens is 500 g/mol. The van der Waals surface area contributed by atoms with Crippen LogP contribution in [0.4, 0.5) is 0 Å². The maximum Gasteiger partial charge on any atom is 0.527 e. The summed E-state index contributed by atoms with van der Waals surface area (Å²) in [7, 11) is -4.58. The van der Waals surface area contributed by atoms with Gasteiger partial charge in [-0.15, -0.1) is 0 Å². The fourth-order valence-corrected chi connectivity index (χ4v) is 5.96. The number of hydrogen-bond donors (Lipinski definition) is 1. The van der Waals surface area contributed by atoms with Gasteiger partial charge in [0, 0.05) is 59.5 Å². The zero-order valence-electron chi connectivity index (χ0n) is 20.4. The van der Waals surface area contributed by atoms with Gasteiger partial charge in [-0.1, -0.05) is 73.7 Å². The number of phosphoric ester groups is 1. The van der Waals surface area contributed by atoms with Crippen LogP contribution in [0.2, 0.25) is 0 Å². The summed E-state index contributed by atoms with van der Waals surface area (Å²) in [5.41, 5.74) is 4.55. The zero-order chi connectivity index (χ0) is 25.0. The van der Waals surface area contributed by atoms with Crippen molar-refractivity contribution in [1.82, 2.24) is 4.57 Å². The van der Waals surface area contributed by atoms with E-state index in [1.807, 2.05) is 41.8 Å². The second-order valence-electron chi connectivity index (χ2n) is 9.01. The van der Waals surface area contributed by atoms with Crippen LogP contribution in [-0.4, -0.2) is 50.6 Å². The number of rotatable bonds is 5. The summed E-state index contributed by atoms with van der Waals surface area (Å²) in [5, 5.41) is 0. The molecule has 0 amide bonds. The average Bonchev–Trinajstić information content (AvgIpc) is 3.27. The minimum absolute atomic E-state index is 0. The van der Waals surface area contributed by atoms with Crippen LogP contribution in [0.3, 0.4) is 0 Å². The molecule has 0 bridgehead atoms. The summed E-state index contributed by atoms with van der Waals surface area (Å²) in [4.78, 5) is 37.7. The first kappa shape index (κ1) is 25.9. The first-order valence-electron chi connectivity index (χ1n) is 11.6. The number of fused-ring (bicyclic) bond motifs is 5. The molecule has 7 nitrogen and oxygen atoms in total. The molecule has 0 saturated carbocycles. The van der Waals surface area contributed by atoms with Crippen LogP contribution in [0.25, 0.3) is 0 Å². The fraction of sp³-hybridized carbons (Fsp3) is 0.143. The number of phosphoric acid groups is 1. The molecule has 9 heteroatoms. The minimum atomic E-state index is -4.58. The molecule has 0 saturated heterocycles. The van der Waals surface area contributed by atoms with E-state index in [0.29, 0.717) is 17.7 Å². The molecule has 2 heterocycles. The van der Waals surface area contributed by atoms with Crippen LogP contribution in [0.5, 0.6) is 5.75 Å². The molecule has 4 aromatic rings. The van der Waals surface area contributed by atoms with Gasteiger partial charge in [0.1, 0.15) is 5.75 Å². The molecule has 37 heavy (non-hydrogen) atoms. The third kappa shape index (κ3) is 4.46. The number of benzene rings is 3. The normalized spacial score (nSPS) is 17.0. The summed E-state index contributed by atoms with van der Waals surface area (Å²) in [6.07, 6.45) is 1.71. The average molecular weight is 522 g/mol. The van der Waals surface area contributed by atoms with E-state index in [0.717, 1.165) is 16.8 Å². The van der Waals surface area contributed by atoms with Crippen molar-refractivity contribution in [3.63, 3.8) is 0 Å². The molecule has 6 rings (SSSR count). The maximum absolute atomic E-state index is 13.7. The smallest absolute Gasteiger partial charge is 0.403 e. The third-order valence-electron chi connectivity index (χ3n) is 6.81. The zero-order valence-corrected chi connectivity index (χ0v) is 23.3. The molecule has 1 aliphatic heterocycles. The molecule has 0 spiro atoms. The van der Waals surface area contributed by atoms with Crippen LogP contribution in [0.15, 0.2) is 79.0 Å². The van der Waals surface area contributed by atoms with E-state index in [2.05, 4.69) is 0 Å². The fourth-order valence-electron chi connectivity index (χ4n) is 5.19. The Morgan fingerprint density at radius 1 is 0.919 bits per heavy atom. The molecule has 1 aromatic heterocycles. The second kappa shape index (κ2) is 9.84. The Labute approximate surface area is 236 Å². The standard InChI is InChI=1S/C28H22NO6P.Na/c1-17-20-11-6-5-10-19(20)14-29-15-22-25(26(17)29)27(30)21-12-7-13-23(24(21)28(22)31)35-36(32,33)34-16-18-8-3-2-4-9-18;/h2-13,15,17H,14,16H2,1H3,(H,32,33);. The Hall–Kier alpha value is -2.77. The van der Waals surface area contributed by atoms with E-state index < -0.39 is 13.6 Å². The molecule has 181 valence electrons. The van der Waals surface area contributed by atoms with Crippen LogP contribution >= 0.6 is 7.82 Å². The van der Waals surface area contributed by atoms with Gasteiger partial charge in [-0.05, 0) is 22.8 Å². The largest absolute Gasteiger partial charge is 0.527 e. The maximum atomic E-state index is 13.7. The molecule has 2 atom stereocenters. The quantitative estimate of drug-likeness (QED) is 0.255. The van der Waals surface area contributed by atoms with Gasteiger partial charge in [0.05, 0.1) is 23.3 Å². The molecule has 1 radical (unpaired) electrons. The van der Waals surface area contributed by atoms with Gasteiger partial charge in [0.15, 0.2) is 11.6 Å². The molecule has 0 fully saturated rings. The summed E-state index contributed by atoms with van der Waals surface area (Å²) < 4.78 is 25.2. The van der Waals surface area contributed by atoms with E-state index in [-0.39, 0.29) is 70.3 Å². The van der Waals surface area contributed by atoms with Crippen molar-refractivity contribution >= 4 is 48.9 Å². The summed E-state index contributed by atoms with van der Waals surface area (Å²) in [6.45, 7) is 2.44. The van der Waals surface area contributed by atoms with E-state index >= 15 is 0 Å². The molecule has 2 unspecified atom stereocenters. The van der Waals surface area contributed by atoms with Crippen molar-refractivity contribution in [2.24, 2.45) is 0 Å². The monoisotopic (exact) mass is 522 g/mol. The number of ketones is 2. The topological polar surface area (TPSA) is 94.8 Å². The number of carbonyl (C=O) groups excluding carboxylic acids is 2. The first-order chi connectivity index (χ1) is 17.3. The molecule has 1 N–H and O–H groups in total. The Morgan fingerprint density at radius 2 is 1.62 bits per heavy atom. The van der Waals surface area contributed by atoms with Crippen LogP contribution in [-0.2, 0) is 22.2 Å². The number of aromatic nitrogens is 1.